The molecule has 98 valence electrons. The third-order valence-electron chi connectivity index (χ3n) is 3.12. The van der Waals surface area contributed by atoms with Gasteiger partial charge in [-0.3, -0.25) is 4.79 Å². The lowest BCUT2D eigenvalue weighted by Gasteiger charge is -2.14. The van der Waals surface area contributed by atoms with Crippen molar-refractivity contribution in [3.05, 3.63) is 29.6 Å². The molecule has 0 aromatic heterocycles. The Morgan fingerprint density at radius 2 is 1.89 bits per heavy atom. The second-order valence-corrected chi connectivity index (χ2v) is 4.48. The van der Waals surface area contributed by atoms with E-state index in [9.17, 15) is 18.0 Å². The van der Waals surface area contributed by atoms with E-state index in [2.05, 4.69) is 10.6 Å². The highest BCUT2D eigenvalue weighted by Crippen LogP contribution is 2.22. The Hall–Kier alpha value is -1.56. The van der Waals surface area contributed by atoms with Crippen LogP contribution < -0.4 is 10.6 Å². The normalized spacial score (nSPS) is 23.1. The lowest BCUT2D eigenvalue weighted by molar-refractivity contribution is -0.120. The van der Waals surface area contributed by atoms with Gasteiger partial charge in [-0.15, -0.1) is 0 Å². The standard InChI is InChI=1S/C12H13F3N2O/c1-6-4-16-5-7(6)12(18)17-11-3-9(14)8(13)2-10(11)15/h2-3,6-7,16H,4-5H2,1H3,(H,17,18)/t6-,7-/m1/s1. The number of hydrogen-bond acceptors (Lipinski definition) is 2. The number of carbonyl (C=O) groups is 1. The number of rotatable bonds is 2. The Kier molecular flexibility index (Phi) is 3.56. The number of nitrogens with one attached hydrogen (secondary N) is 2. The first-order valence-corrected chi connectivity index (χ1v) is 5.65. The summed E-state index contributed by atoms with van der Waals surface area (Å²) in [6, 6.07) is 1.07. The highest BCUT2D eigenvalue weighted by molar-refractivity contribution is 5.93. The summed E-state index contributed by atoms with van der Waals surface area (Å²) in [5.41, 5.74) is -0.335. The Bertz CT molecular complexity index is 479. The van der Waals surface area contributed by atoms with E-state index < -0.39 is 23.4 Å². The summed E-state index contributed by atoms with van der Waals surface area (Å²) in [5, 5.41) is 5.33. The highest BCUT2D eigenvalue weighted by Gasteiger charge is 2.30. The van der Waals surface area contributed by atoms with Crippen LogP contribution in [0.5, 0.6) is 0 Å². The van der Waals surface area contributed by atoms with Crippen molar-refractivity contribution < 1.29 is 18.0 Å². The summed E-state index contributed by atoms with van der Waals surface area (Å²) in [5.74, 6) is -4.01. The molecule has 3 nitrogen and oxygen atoms in total. The first-order valence-electron chi connectivity index (χ1n) is 5.65. The van der Waals surface area contributed by atoms with Crippen molar-refractivity contribution >= 4 is 11.6 Å². The minimum atomic E-state index is -1.28. The molecule has 2 atom stereocenters. The summed E-state index contributed by atoms with van der Waals surface area (Å²) < 4.78 is 39.0. The molecule has 0 bridgehead atoms. The third kappa shape index (κ3) is 2.48. The molecule has 1 aromatic rings. The van der Waals surface area contributed by atoms with Gasteiger partial charge in [-0.1, -0.05) is 6.92 Å². The van der Waals surface area contributed by atoms with Gasteiger partial charge in [-0.25, -0.2) is 13.2 Å². The van der Waals surface area contributed by atoms with Crippen LogP contribution in [0.25, 0.3) is 0 Å². The Balaban J connectivity index is 2.14. The molecule has 0 aliphatic carbocycles. The maximum atomic E-state index is 13.3. The predicted molar refractivity (Wildman–Crippen MR) is 60.5 cm³/mol. The van der Waals surface area contributed by atoms with Crippen molar-refractivity contribution in [2.45, 2.75) is 6.92 Å². The number of carbonyl (C=O) groups excluding carboxylic acids is 1. The molecule has 1 heterocycles. The zero-order valence-corrected chi connectivity index (χ0v) is 9.77. The molecule has 1 saturated heterocycles. The van der Waals surface area contributed by atoms with Crippen molar-refractivity contribution in [3.8, 4) is 0 Å². The summed E-state index contributed by atoms with van der Waals surface area (Å²) in [6.07, 6.45) is 0. The van der Waals surface area contributed by atoms with E-state index in [0.29, 0.717) is 25.2 Å². The van der Waals surface area contributed by atoms with E-state index in [0.717, 1.165) is 0 Å². The van der Waals surface area contributed by atoms with E-state index in [4.69, 9.17) is 0 Å². The molecule has 2 N–H and O–H groups in total. The van der Waals surface area contributed by atoms with Crippen LogP contribution in [0.3, 0.4) is 0 Å². The minimum absolute atomic E-state index is 0.123. The number of halogens is 3. The van der Waals surface area contributed by atoms with Crippen LogP contribution in [0.15, 0.2) is 12.1 Å². The smallest absolute Gasteiger partial charge is 0.229 e. The second kappa shape index (κ2) is 4.97. The first-order chi connectivity index (χ1) is 8.49. The van der Waals surface area contributed by atoms with Crippen molar-refractivity contribution in [2.24, 2.45) is 11.8 Å². The van der Waals surface area contributed by atoms with E-state index in [1.54, 1.807) is 0 Å². The van der Waals surface area contributed by atoms with Gasteiger partial charge in [0, 0.05) is 18.7 Å². The van der Waals surface area contributed by atoms with Crippen LogP contribution >= 0.6 is 0 Å². The van der Waals surface area contributed by atoms with E-state index >= 15 is 0 Å². The first kappa shape index (κ1) is 12.9. The Morgan fingerprint density at radius 1 is 1.22 bits per heavy atom. The summed E-state index contributed by atoms with van der Waals surface area (Å²) in [7, 11) is 0. The second-order valence-electron chi connectivity index (χ2n) is 4.48. The molecular formula is C12H13F3N2O. The van der Waals surface area contributed by atoms with Crippen molar-refractivity contribution in [2.75, 3.05) is 18.4 Å². The molecule has 6 heteroatoms. The fourth-order valence-electron chi connectivity index (χ4n) is 2.00. The van der Waals surface area contributed by atoms with Crippen LogP contribution in [-0.4, -0.2) is 19.0 Å². The van der Waals surface area contributed by atoms with Crippen LogP contribution in [0, 0.1) is 29.3 Å². The van der Waals surface area contributed by atoms with E-state index in [1.807, 2.05) is 6.92 Å². The van der Waals surface area contributed by atoms with Gasteiger partial charge in [0.15, 0.2) is 11.6 Å². The van der Waals surface area contributed by atoms with E-state index in [1.165, 1.54) is 0 Å². The number of benzene rings is 1. The molecular weight excluding hydrogens is 245 g/mol. The zero-order chi connectivity index (χ0) is 13.3. The SMILES string of the molecule is C[C@@H]1CNC[C@H]1C(=O)Nc1cc(F)c(F)cc1F. The van der Waals surface area contributed by atoms with Gasteiger partial charge < -0.3 is 10.6 Å². The van der Waals surface area contributed by atoms with Crippen LogP contribution in [0.2, 0.25) is 0 Å². The molecule has 1 aliphatic heterocycles. The summed E-state index contributed by atoms with van der Waals surface area (Å²) >= 11 is 0. The molecule has 0 spiro atoms. The zero-order valence-electron chi connectivity index (χ0n) is 9.77. The fourth-order valence-corrected chi connectivity index (χ4v) is 2.00. The van der Waals surface area contributed by atoms with Crippen LogP contribution in [0.1, 0.15) is 6.92 Å². The van der Waals surface area contributed by atoms with E-state index in [-0.39, 0.29) is 17.5 Å². The lowest BCUT2D eigenvalue weighted by Crippen LogP contribution is -2.28. The third-order valence-corrected chi connectivity index (χ3v) is 3.12. The number of anilines is 1. The van der Waals surface area contributed by atoms with Gasteiger partial charge in [0.1, 0.15) is 5.82 Å². The van der Waals surface area contributed by atoms with Crippen LogP contribution in [-0.2, 0) is 4.79 Å². The maximum absolute atomic E-state index is 13.3. The topological polar surface area (TPSA) is 41.1 Å². The average molecular weight is 258 g/mol. The monoisotopic (exact) mass is 258 g/mol. The van der Waals surface area contributed by atoms with Gasteiger partial charge >= 0.3 is 0 Å². The highest BCUT2D eigenvalue weighted by atomic mass is 19.2. The van der Waals surface area contributed by atoms with Gasteiger partial charge in [-0.05, 0) is 12.5 Å². The largest absolute Gasteiger partial charge is 0.323 e. The van der Waals surface area contributed by atoms with Gasteiger partial charge in [-0.2, -0.15) is 0 Å². The molecule has 18 heavy (non-hydrogen) atoms. The van der Waals surface area contributed by atoms with Gasteiger partial charge in [0.2, 0.25) is 5.91 Å². The quantitative estimate of drug-likeness (QED) is 0.795. The van der Waals surface area contributed by atoms with Gasteiger partial charge in [0.05, 0.1) is 11.6 Å². The summed E-state index contributed by atoms with van der Waals surface area (Å²) in [6.45, 7) is 3.10. The fraction of sp³-hybridized carbons (Fsp3) is 0.417. The van der Waals surface area contributed by atoms with Crippen molar-refractivity contribution in [1.82, 2.24) is 5.32 Å². The average Bonchev–Trinajstić information content (AvgIpc) is 2.72. The van der Waals surface area contributed by atoms with Crippen molar-refractivity contribution in [3.63, 3.8) is 0 Å². The van der Waals surface area contributed by atoms with Crippen LogP contribution in [0.4, 0.5) is 18.9 Å². The Labute approximate surface area is 102 Å². The molecule has 0 unspecified atom stereocenters. The predicted octanol–water partition coefficient (Wildman–Crippen LogP) is 1.90. The molecule has 0 saturated carbocycles. The molecule has 0 radical (unpaired) electrons. The molecule has 1 aromatic carbocycles. The molecule has 1 aliphatic rings. The Morgan fingerprint density at radius 3 is 2.50 bits per heavy atom. The minimum Gasteiger partial charge on any atom is -0.323 e. The maximum Gasteiger partial charge on any atom is 0.229 e. The number of hydrogen-bond donors (Lipinski definition) is 2. The van der Waals surface area contributed by atoms with Gasteiger partial charge in [0.25, 0.3) is 0 Å². The summed E-state index contributed by atoms with van der Waals surface area (Å²) in [4.78, 5) is 11.8. The van der Waals surface area contributed by atoms with Crippen molar-refractivity contribution in [1.29, 1.82) is 0 Å². The number of amides is 1. The molecule has 1 fully saturated rings. The molecule has 1 amide bonds. The molecule has 2 rings (SSSR count). The lowest BCUT2D eigenvalue weighted by atomic mass is 9.97.